The van der Waals surface area contributed by atoms with Gasteiger partial charge in [-0.1, -0.05) is 65.5 Å². The van der Waals surface area contributed by atoms with Gasteiger partial charge in [-0.25, -0.2) is 4.57 Å². The SMILES string of the molecule is CCCCC(C)c1cccc(OP(=O)(O)O)c1C(C)CCCC. The van der Waals surface area contributed by atoms with Crippen LogP contribution in [-0.2, 0) is 4.57 Å². The van der Waals surface area contributed by atoms with Gasteiger partial charge in [0.1, 0.15) is 5.75 Å². The van der Waals surface area contributed by atoms with E-state index in [-0.39, 0.29) is 5.92 Å². The van der Waals surface area contributed by atoms with Gasteiger partial charge in [-0.05, 0) is 36.3 Å². The molecule has 0 saturated carbocycles. The smallest absolute Gasteiger partial charge is 0.404 e. The molecule has 0 bridgehead atoms. The molecule has 0 heterocycles. The molecule has 0 aromatic heterocycles. The second kappa shape index (κ2) is 9.46. The summed E-state index contributed by atoms with van der Waals surface area (Å²) in [6.45, 7) is 8.62. The van der Waals surface area contributed by atoms with Crippen LogP contribution in [0.4, 0.5) is 0 Å². The topological polar surface area (TPSA) is 66.8 Å². The standard InChI is InChI=1S/C18H31O4P/c1-5-7-10-14(3)16-12-9-13-17(22-23(19,20)21)18(16)15(4)11-8-6-2/h9,12-15H,5-8,10-11H2,1-4H3,(H2,19,20,21). The van der Waals surface area contributed by atoms with E-state index < -0.39 is 7.82 Å². The molecule has 0 saturated heterocycles. The highest BCUT2D eigenvalue weighted by Crippen LogP contribution is 2.44. The van der Waals surface area contributed by atoms with Crippen LogP contribution in [0.5, 0.6) is 5.75 Å². The third-order valence-corrected chi connectivity index (χ3v) is 4.76. The van der Waals surface area contributed by atoms with E-state index in [4.69, 9.17) is 4.52 Å². The van der Waals surface area contributed by atoms with Crippen molar-refractivity contribution in [3.05, 3.63) is 29.3 Å². The zero-order valence-corrected chi connectivity index (χ0v) is 15.7. The number of hydrogen-bond donors (Lipinski definition) is 2. The number of phosphoric acid groups is 1. The zero-order valence-electron chi connectivity index (χ0n) is 14.8. The summed E-state index contributed by atoms with van der Waals surface area (Å²) >= 11 is 0. The maximum atomic E-state index is 11.3. The Morgan fingerprint density at radius 2 is 1.61 bits per heavy atom. The Kier molecular flexibility index (Phi) is 8.32. The van der Waals surface area contributed by atoms with E-state index >= 15 is 0 Å². The monoisotopic (exact) mass is 342 g/mol. The van der Waals surface area contributed by atoms with Crippen molar-refractivity contribution in [2.75, 3.05) is 0 Å². The lowest BCUT2D eigenvalue weighted by atomic mass is 9.84. The van der Waals surface area contributed by atoms with Crippen molar-refractivity contribution >= 4 is 7.82 Å². The van der Waals surface area contributed by atoms with Crippen LogP contribution in [0.3, 0.4) is 0 Å². The normalized spacial score (nSPS) is 14.5. The lowest BCUT2D eigenvalue weighted by Gasteiger charge is -2.24. The first kappa shape index (κ1) is 20.2. The van der Waals surface area contributed by atoms with Gasteiger partial charge in [0.2, 0.25) is 0 Å². The van der Waals surface area contributed by atoms with Crippen LogP contribution in [0.2, 0.25) is 0 Å². The minimum Gasteiger partial charge on any atom is -0.404 e. The van der Waals surface area contributed by atoms with E-state index in [9.17, 15) is 14.4 Å². The summed E-state index contributed by atoms with van der Waals surface area (Å²) in [5.41, 5.74) is 2.13. The van der Waals surface area contributed by atoms with Crippen molar-refractivity contribution < 1.29 is 18.9 Å². The molecule has 2 N–H and O–H groups in total. The van der Waals surface area contributed by atoms with Crippen LogP contribution in [-0.4, -0.2) is 9.79 Å². The maximum Gasteiger partial charge on any atom is 0.524 e. The average molecular weight is 342 g/mol. The Hall–Kier alpha value is -0.830. The number of rotatable bonds is 10. The van der Waals surface area contributed by atoms with E-state index in [1.807, 2.05) is 6.07 Å². The van der Waals surface area contributed by atoms with Gasteiger partial charge in [0.05, 0.1) is 0 Å². The molecule has 23 heavy (non-hydrogen) atoms. The number of benzene rings is 1. The lowest BCUT2D eigenvalue weighted by Crippen LogP contribution is -2.07. The molecule has 2 atom stereocenters. The fourth-order valence-electron chi connectivity index (χ4n) is 3.05. The Bertz CT molecular complexity index is 524. The van der Waals surface area contributed by atoms with Gasteiger partial charge in [-0.2, -0.15) is 0 Å². The molecule has 5 heteroatoms. The first-order valence-electron chi connectivity index (χ1n) is 8.68. The van der Waals surface area contributed by atoms with Crippen LogP contribution in [0.25, 0.3) is 0 Å². The van der Waals surface area contributed by atoms with Crippen LogP contribution in [0.1, 0.15) is 89.2 Å². The Labute approximate surface area is 140 Å². The van der Waals surface area contributed by atoms with E-state index in [0.717, 1.165) is 49.7 Å². The maximum absolute atomic E-state index is 11.3. The highest BCUT2D eigenvalue weighted by atomic mass is 31.2. The van der Waals surface area contributed by atoms with E-state index in [1.54, 1.807) is 6.07 Å². The summed E-state index contributed by atoms with van der Waals surface area (Å²) in [5, 5.41) is 0. The van der Waals surface area contributed by atoms with Crippen LogP contribution in [0.15, 0.2) is 18.2 Å². The molecule has 0 fully saturated rings. The summed E-state index contributed by atoms with van der Waals surface area (Å²) in [7, 11) is -4.55. The molecule has 1 aromatic carbocycles. The molecule has 0 spiro atoms. The fourth-order valence-corrected chi connectivity index (χ4v) is 3.46. The number of hydrogen-bond acceptors (Lipinski definition) is 2. The zero-order chi connectivity index (χ0) is 17.5. The molecule has 1 rings (SSSR count). The Balaban J connectivity index is 3.21. The lowest BCUT2D eigenvalue weighted by molar-refractivity contribution is 0.281. The first-order valence-corrected chi connectivity index (χ1v) is 10.2. The van der Waals surface area contributed by atoms with E-state index in [1.165, 1.54) is 0 Å². The van der Waals surface area contributed by atoms with Crippen LogP contribution in [0, 0.1) is 0 Å². The van der Waals surface area contributed by atoms with E-state index in [0.29, 0.717) is 11.7 Å². The van der Waals surface area contributed by atoms with Gasteiger partial charge in [0.25, 0.3) is 0 Å². The van der Waals surface area contributed by atoms with Gasteiger partial charge in [0, 0.05) is 5.56 Å². The molecular formula is C18H31O4P. The summed E-state index contributed by atoms with van der Waals surface area (Å²) in [6.07, 6.45) is 6.55. The number of unbranched alkanes of at least 4 members (excludes halogenated alkanes) is 2. The summed E-state index contributed by atoms with van der Waals surface area (Å²) in [4.78, 5) is 18.4. The van der Waals surface area contributed by atoms with Crippen molar-refractivity contribution in [3.8, 4) is 5.75 Å². The summed E-state index contributed by atoms with van der Waals surface area (Å²) in [6, 6.07) is 5.58. The fraction of sp³-hybridized carbons (Fsp3) is 0.667. The quantitative estimate of drug-likeness (QED) is 0.532. The molecule has 0 aliphatic rings. The van der Waals surface area contributed by atoms with Crippen molar-refractivity contribution in [1.29, 1.82) is 0 Å². The second-order valence-electron chi connectivity index (χ2n) is 6.43. The molecule has 0 amide bonds. The van der Waals surface area contributed by atoms with Crippen molar-refractivity contribution in [3.63, 3.8) is 0 Å². The van der Waals surface area contributed by atoms with E-state index in [2.05, 4.69) is 33.8 Å². The van der Waals surface area contributed by atoms with Crippen LogP contribution >= 0.6 is 7.82 Å². The minimum atomic E-state index is -4.55. The Morgan fingerprint density at radius 1 is 1.04 bits per heavy atom. The Morgan fingerprint density at radius 3 is 2.13 bits per heavy atom. The molecule has 132 valence electrons. The molecule has 1 aromatic rings. The van der Waals surface area contributed by atoms with Gasteiger partial charge >= 0.3 is 7.82 Å². The third kappa shape index (κ3) is 6.66. The van der Waals surface area contributed by atoms with Gasteiger partial charge in [0.15, 0.2) is 0 Å². The van der Waals surface area contributed by atoms with Gasteiger partial charge < -0.3 is 4.52 Å². The van der Waals surface area contributed by atoms with Gasteiger partial charge in [-0.3, -0.25) is 9.79 Å². The summed E-state index contributed by atoms with van der Waals surface area (Å²) < 4.78 is 16.3. The highest BCUT2D eigenvalue weighted by molar-refractivity contribution is 7.46. The highest BCUT2D eigenvalue weighted by Gasteiger charge is 2.24. The average Bonchev–Trinajstić information content (AvgIpc) is 2.48. The van der Waals surface area contributed by atoms with Crippen molar-refractivity contribution in [2.45, 2.75) is 78.1 Å². The largest absolute Gasteiger partial charge is 0.524 e. The summed E-state index contributed by atoms with van der Waals surface area (Å²) in [5.74, 6) is 0.911. The van der Waals surface area contributed by atoms with Crippen molar-refractivity contribution in [1.82, 2.24) is 0 Å². The third-order valence-electron chi connectivity index (χ3n) is 4.32. The molecule has 2 unspecified atom stereocenters. The molecule has 0 aliphatic carbocycles. The molecule has 0 aliphatic heterocycles. The number of phosphoric ester groups is 1. The van der Waals surface area contributed by atoms with Gasteiger partial charge in [-0.15, -0.1) is 0 Å². The van der Waals surface area contributed by atoms with Crippen LogP contribution < -0.4 is 4.52 Å². The molecule has 4 nitrogen and oxygen atoms in total. The molecular weight excluding hydrogens is 311 g/mol. The minimum absolute atomic E-state index is 0.219. The molecule has 0 radical (unpaired) electrons. The first-order chi connectivity index (χ1) is 10.8. The predicted molar refractivity (Wildman–Crippen MR) is 95.0 cm³/mol. The van der Waals surface area contributed by atoms with Crippen molar-refractivity contribution in [2.24, 2.45) is 0 Å². The second-order valence-corrected chi connectivity index (χ2v) is 7.59. The predicted octanol–water partition coefficient (Wildman–Crippen LogP) is 5.75.